The van der Waals surface area contributed by atoms with Crippen molar-refractivity contribution in [1.29, 1.82) is 0 Å². The average molecular weight is 369 g/mol. The third-order valence-electron chi connectivity index (χ3n) is 5.91. The number of urea groups is 1. The van der Waals surface area contributed by atoms with Gasteiger partial charge >= 0.3 is 6.03 Å². The van der Waals surface area contributed by atoms with Crippen LogP contribution in [0.3, 0.4) is 0 Å². The summed E-state index contributed by atoms with van der Waals surface area (Å²) in [7, 11) is 0. The molecule has 2 unspecified atom stereocenters. The molecule has 136 valence electrons. The first kappa shape index (κ1) is 17.4. The van der Waals surface area contributed by atoms with Gasteiger partial charge in [0, 0.05) is 11.1 Å². The molecule has 2 aliphatic rings. The summed E-state index contributed by atoms with van der Waals surface area (Å²) in [5, 5.41) is 7.10. The molecule has 0 radical (unpaired) electrons. The van der Waals surface area contributed by atoms with Crippen molar-refractivity contribution in [3.63, 3.8) is 0 Å². The van der Waals surface area contributed by atoms with Gasteiger partial charge in [0.2, 0.25) is 0 Å². The van der Waals surface area contributed by atoms with Crippen LogP contribution in [0, 0.1) is 0 Å². The van der Waals surface area contributed by atoms with Gasteiger partial charge in [0.05, 0.1) is 6.04 Å². The number of hydrogen-bond acceptors (Lipinski definition) is 1. The predicted molar refractivity (Wildman–Crippen MR) is 106 cm³/mol. The van der Waals surface area contributed by atoms with Crippen LogP contribution in [0.5, 0.6) is 0 Å². The summed E-state index contributed by atoms with van der Waals surface area (Å²) in [6.45, 7) is 2.26. The molecule has 2 aromatic carbocycles. The second-order valence-electron chi connectivity index (χ2n) is 7.69. The second-order valence-corrected chi connectivity index (χ2v) is 8.13. The van der Waals surface area contributed by atoms with E-state index in [0.717, 1.165) is 30.7 Å². The van der Waals surface area contributed by atoms with Crippen molar-refractivity contribution < 1.29 is 4.79 Å². The van der Waals surface area contributed by atoms with Crippen molar-refractivity contribution in [3.05, 3.63) is 70.2 Å². The van der Waals surface area contributed by atoms with Crippen LogP contribution in [-0.4, -0.2) is 12.1 Å². The normalized spacial score (nSPS) is 27.2. The molecule has 0 bridgehead atoms. The van der Waals surface area contributed by atoms with Crippen molar-refractivity contribution in [1.82, 2.24) is 10.6 Å². The van der Waals surface area contributed by atoms with Crippen LogP contribution in [0.4, 0.5) is 4.79 Å². The fraction of sp³-hybridized carbons (Fsp3) is 0.409. The van der Waals surface area contributed by atoms with Gasteiger partial charge in [-0.2, -0.15) is 0 Å². The zero-order valence-electron chi connectivity index (χ0n) is 15.0. The lowest BCUT2D eigenvalue weighted by Gasteiger charge is -2.37. The van der Waals surface area contributed by atoms with Crippen LogP contribution >= 0.6 is 11.6 Å². The molecule has 0 aromatic heterocycles. The predicted octanol–water partition coefficient (Wildman–Crippen LogP) is 5.52. The minimum Gasteiger partial charge on any atom is -0.335 e. The third-order valence-corrected chi connectivity index (χ3v) is 6.16. The topological polar surface area (TPSA) is 41.1 Å². The van der Waals surface area contributed by atoms with E-state index in [2.05, 4.69) is 54.0 Å². The molecule has 2 atom stereocenters. The smallest absolute Gasteiger partial charge is 0.315 e. The van der Waals surface area contributed by atoms with E-state index >= 15 is 0 Å². The Kier molecular flexibility index (Phi) is 4.90. The van der Waals surface area contributed by atoms with Crippen LogP contribution in [0.2, 0.25) is 5.02 Å². The number of hydrogen-bond donors (Lipinski definition) is 2. The SMILES string of the molecule is CC1CCC(NC(=O)NC2CC(c3ccc(Cl)cc3)C2)c2ccccc21. The van der Waals surface area contributed by atoms with E-state index < -0.39 is 0 Å². The number of carbonyl (C=O) groups excluding carboxylic acids is 1. The molecular weight excluding hydrogens is 344 g/mol. The molecule has 4 rings (SSSR count). The fourth-order valence-electron chi connectivity index (χ4n) is 4.28. The highest BCUT2D eigenvalue weighted by Gasteiger charge is 2.32. The number of rotatable bonds is 3. The summed E-state index contributed by atoms with van der Waals surface area (Å²) >= 11 is 5.95. The van der Waals surface area contributed by atoms with E-state index in [4.69, 9.17) is 11.6 Å². The molecule has 1 fully saturated rings. The summed E-state index contributed by atoms with van der Waals surface area (Å²) < 4.78 is 0. The number of fused-ring (bicyclic) bond motifs is 1. The highest BCUT2D eigenvalue weighted by Crippen LogP contribution is 2.38. The van der Waals surface area contributed by atoms with Gasteiger partial charge in [0.15, 0.2) is 0 Å². The van der Waals surface area contributed by atoms with E-state index in [1.165, 1.54) is 16.7 Å². The summed E-state index contributed by atoms with van der Waals surface area (Å²) in [6, 6.07) is 16.9. The zero-order valence-corrected chi connectivity index (χ0v) is 15.8. The van der Waals surface area contributed by atoms with E-state index in [0.29, 0.717) is 11.8 Å². The maximum absolute atomic E-state index is 12.5. The molecule has 2 aromatic rings. The van der Waals surface area contributed by atoms with Gasteiger partial charge in [-0.15, -0.1) is 0 Å². The number of amides is 2. The number of benzene rings is 2. The lowest BCUT2D eigenvalue weighted by atomic mass is 9.76. The Balaban J connectivity index is 1.30. The average Bonchev–Trinajstić information content (AvgIpc) is 2.61. The summed E-state index contributed by atoms with van der Waals surface area (Å²) in [5.41, 5.74) is 3.95. The highest BCUT2D eigenvalue weighted by atomic mass is 35.5. The first-order valence-corrected chi connectivity index (χ1v) is 9.89. The minimum atomic E-state index is -0.0427. The molecule has 2 amide bonds. The standard InChI is InChI=1S/C22H25ClN2O/c1-14-6-11-21(20-5-3-2-4-19(14)20)25-22(26)24-18-12-16(13-18)15-7-9-17(23)10-8-15/h2-5,7-10,14,16,18,21H,6,11-13H2,1H3,(H2,24,25,26). The van der Waals surface area contributed by atoms with E-state index in [1.54, 1.807) is 0 Å². The van der Waals surface area contributed by atoms with Gasteiger partial charge in [0.1, 0.15) is 0 Å². The van der Waals surface area contributed by atoms with E-state index in [1.807, 2.05) is 12.1 Å². The highest BCUT2D eigenvalue weighted by molar-refractivity contribution is 6.30. The van der Waals surface area contributed by atoms with Gasteiger partial charge in [-0.05, 0) is 66.3 Å². The molecule has 2 N–H and O–H groups in total. The van der Waals surface area contributed by atoms with Crippen molar-refractivity contribution in [3.8, 4) is 0 Å². The van der Waals surface area contributed by atoms with E-state index in [-0.39, 0.29) is 18.1 Å². The lowest BCUT2D eigenvalue weighted by molar-refractivity contribution is 0.217. The van der Waals surface area contributed by atoms with Crippen LogP contribution in [0.1, 0.15) is 67.2 Å². The molecule has 0 spiro atoms. The molecule has 0 heterocycles. The maximum Gasteiger partial charge on any atom is 0.315 e. The quantitative estimate of drug-likeness (QED) is 0.735. The number of carbonyl (C=O) groups is 1. The number of nitrogens with one attached hydrogen (secondary N) is 2. The molecule has 1 saturated carbocycles. The molecule has 26 heavy (non-hydrogen) atoms. The molecule has 0 aliphatic heterocycles. The van der Waals surface area contributed by atoms with Gasteiger partial charge < -0.3 is 10.6 Å². The maximum atomic E-state index is 12.5. The second kappa shape index (κ2) is 7.32. The Morgan fingerprint density at radius 2 is 1.65 bits per heavy atom. The lowest BCUT2D eigenvalue weighted by Crippen LogP contribution is -2.48. The third kappa shape index (κ3) is 3.59. The molecular formula is C22H25ClN2O. The molecule has 2 aliphatic carbocycles. The van der Waals surface area contributed by atoms with Crippen LogP contribution < -0.4 is 10.6 Å². The van der Waals surface area contributed by atoms with Gasteiger partial charge in [-0.3, -0.25) is 0 Å². The van der Waals surface area contributed by atoms with Gasteiger partial charge in [-0.1, -0.05) is 54.9 Å². The first-order chi connectivity index (χ1) is 12.6. The largest absolute Gasteiger partial charge is 0.335 e. The summed E-state index contributed by atoms with van der Waals surface area (Å²) in [5.74, 6) is 1.09. The minimum absolute atomic E-state index is 0.0427. The Morgan fingerprint density at radius 3 is 2.38 bits per heavy atom. The van der Waals surface area contributed by atoms with E-state index in [9.17, 15) is 4.79 Å². The Bertz CT molecular complexity index is 783. The zero-order chi connectivity index (χ0) is 18.1. The monoisotopic (exact) mass is 368 g/mol. The van der Waals surface area contributed by atoms with Crippen molar-refractivity contribution >= 4 is 17.6 Å². The fourth-order valence-corrected chi connectivity index (χ4v) is 4.41. The number of halogens is 1. The van der Waals surface area contributed by atoms with Crippen molar-refractivity contribution in [2.24, 2.45) is 0 Å². The molecule has 4 heteroatoms. The Labute approximate surface area is 160 Å². The van der Waals surface area contributed by atoms with Crippen LogP contribution in [0.15, 0.2) is 48.5 Å². The van der Waals surface area contributed by atoms with Gasteiger partial charge in [-0.25, -0.2) is 4.79 Å². The summed E-state index contributed by atoms with van der Waals surface area (Å²) in [6.07, 6.45) is 4.11. The van der Waals surface area contributed by atoms with Crippen molar-refractivity contribution in [2.75, 3.05) is 0 Å². The molecule has 3 nitrogen and oxygen atoms in total. The van der Waals surface area contributed by atoms with Crippen molar-refractivity contribution in [2.45, 2.75) is 56.5 Å². The Morgan fingerprint density at radius 1 is 0.962 bits per heavy atom. The van der Waals surface area contributed by atoms with Gasteiger partial charge in [0.25, 0.3) is 0 Å². The Hall–Kier alpha value is -2.00. The molecule has 0 saturated heterocycles. The van der Waals surface area contributed by atoms with Crippen LogP contribution in [0.25, 0.3) is 0 Å². The summed E-state index contributed by atoms with van der Waals surface area (Å²) in [4.78, 5) is 12.5. The first-order valence-electron chi connectivity index (χ1n) is 9.51. The van der Waals surface area contributed by atoms with Crippen LogP contribution in [-0.2, 0) is 0 Å².